The molecule has 1 aliphatic heterocycles. The summed E-state index contributed by atoms with van der Waals surface area (Å²) < 4.78 is 0. The van der Waals surface area contributed by atoms with Gasteiger partial charge in [-0.2, -0.15) is 0 Å². The van der Waals surface area contributed by atoms with Crippen LogP contribution in [-0.4, -0.2) is 34.7 Å². The van der Waals surface area contributed by atoms with Crippen LogP contribution in [0.5, 0.6) is 0 Å². The molecule has 20 heavy (non-hydrogen) atoms. The van der Waals surface area contributed by atoms with Gasteiger partial charge in [0.15, 0.2) is 0 Å². The van der Waals surface area contributed by atoms with Crippen molar-refractivity contribution >= 4 is 0 Å². The van der Waals surface area contributed by atoms with Crippen LogP contribution in [-0.2, 0) is 0 Å². The number of nitrogens with zero attached hydrogens (tertiary/aromatic N) is 1. The molecule has 1 N–H and O–H groups in total. The van der Waals surface area contributed by atoms with E-state index in [0.717, 1.165) is 18.4 Å². The maximum atomic E-state index is 10.4. The van der Waals surface area contributed by atoms with Crippen LogP contribution >= 0.6 is 0 Å². The number of aliphatic hydroxyl groups excluding tert-OH is 1. The Balaban J connectivity index is 1.60. The molecule has 3 aliphatic rings. The SMILES string of the molecule is CCC1CCC(N2CCCC2C2CCCCC2O)CC1. The Bertz CT molecular complexity index is 298. The topological polar surface area (TPSA) is 23.5 Å². The summed E-state index contributed by atoms with van der Waals surface area (Å²) in [5.74, 6) is 1.57. The van der Waals surface area contributed by atoms with Gasteiger partial charge >= 0.3 is 0 Å². The van der Waals surface area contributed by atoms with Crippen molar-refractivity contribution in [3.63, 3.8) is 0 Å². The molecule has 3 unspecified atom stereocenters. The highest BCUT2D eigenvalue weighted by Crippen LogP contribution is 2.39. The number of hydrogen-bond donors (Lipinski definition) is 1. The first-order chi connectivity index (χ1) is 9.79. The van der Waals surface area contributed by atoms with Crippen molar-refractivity contribution in [2.45, 2.75) is 95.7 Å². The average molecular weight is 279 g/mol. The van der Waals surface area contributed by atoms with Crippen LogP contribution in [0.3, 0.4) is 0 Å². The third-order valence-corrected chi connectivity index (χ3v) is 6.48. The van der Waals surface area contributed by atoms with E-state index in [1.54, 1.807) is 0 Å². The summed E-state index contributed by atoms with van der Waals surface area (Å²) in [7, 11) is 0. The summed E-state index contributed by atoms with van der Waals surface area (Å²) in [6, 6.07) is 1.54. The minimum Gasteiger partial charge on any atom is -0.393 e. The molecule has 0 aromatic carbocycles. The second-order valence-electron chi connectivity index (χ2n) is 7.55. The summed E-state index contributed by atoms with van der Waals surface area (Å²) >= 11 is 0. The number of likely N-dealkylation sites (tertiary alicyclic amines) is 1. The van der Waals surface area contributed by atoms with Gasteiger partial charge in [0, 0.05) is 18.0 Å². The van der Waals surface area contributed by atoms with Crippen LogP contribution in [0.15, 0.2) is 0 Å². The second kappa shape index (κ2) is 6.79. The van der Waals surface area contributed by atoms with Crippen molar-refractivity contribution in [2.24, 2.45) is 11.8 Å². The van der Waals surface area contributed by atoms with E-state index in [9.17, 15) is 5.11 Å². The van der Waals surface area contributed by atoms with Crippen LogP contribution < -0.4 is 0 Å². The monoisotopic (exact) mass is 279 g/mol. The Morgan fingerprint density at radius 2 is 1.65 bits per heavy atom. The molecule has 0 spiro atoms. The molecule has 2 nitrogen and oxygen atoms in total. The van der Waals surface area contributed by atoms with Gasteiger partial charge in [0.05, 0.1) is 6.10 Å². The van der Waals surface area contributed by atoms with Crippen molar-refractivity contribution < 1.29 is 5.11 Å². The van der Waals surface area contributed by atoms with Gasteiger partial charge in [-0.25, -0.2) is 0 Å². The van der Waals surface area contributed by atoms with Gasteiger partial charge in [0.25, 0.3) is 0 Å². The lowest BCUT2D eigenvalue weighted by Gasteiger charge is -2.43. The molecule has 0 aromatic rings. The van der Waals surface area contributed by atoms with Crippen molar-refractivity contribution in [1.29, 1.82) is 0 Å². The van der Waals surface area contributed by atoms with E-state index in [0.29, 0.717) is 12.0 Å². The summed E-state index contributed by atoms with van der Waals surface area (Å²) in [4.78, 5) is 2.82. The van der Waals surface area contributed by atoms with E-state index in [4.69, 9.17) is 0 Å². The zero-order chi connectivity index (χ0) is 13.9. The fourth-order valence-electron chi connectivity index (χ4n) is 5.20. The number of rotatable bonds is 3. The Morgan fingerprint density at radius 3 is 2.35 bits per heavy atom. The zero-order valence-corrected chi connectivity index (χ0v) is 13.3. The van der Waals surface area contributed by atoms with Gasteiger partial charge in [0.2, 0.25) is 0 Å². The molecular weight excluding hydrogens is 246 g/mol. The third kappa shape index (κ3) is 3.06. The molecule has 0 radical (unpaired) electrons. The minimum atomic E-state index is -0.0127. The molecule has 0 amide bonds. The predicted molar refractivity (Wildman–Crippen MR) is 83.7 cm³/mol. The fraction of sp³-hybridized carbons (Fsp3) is 1.00. The first kappa shape index (κ1) is 14.8. The largest absolute Gasteiger partial charge is 0.393 e. The molecule has 2 heteroatoms. The van der Waals surface area contributed by atoms with Crippen molar-refractivity contribution in [3.05, 3.63) is 0 Å². The molecule has 2 aliphatic carbocycles. The highest BCUT2D eigenvalue weighted by Gasteiger charge is 2.40. The summed E-state index contributed by atoms with van der Waals surface area (Å²) in [6.07, 6.45) is 14.7. The van der Waals surface area contributed by atoms with E-state index < -0.39 is 0 Å². The summed E-state index contributed by atoms with van der Waals surface area (Å²) in [5.41, 5.74) is 0. The smallest absolute Gasteiger partial charge is 0.0583 e. The normalized spacial score (nSPS) is 43.8. The van der Waals surface area contributed by atoms with Crippen molar-refractivity contribution in [2.75, 3.05) is 6.54 Å². The minimum absolute atomic E-state index is 0.0127. The first-order valence-corrected chi connectivity index (χ1v) is 9.23. The van der Waals surface area contributed by atoms with Gasteiger partial charge in [-0.05, 0) is 63.8 Å². The number of aliphatic hydroxyl groups is 1. The standard InChI is InChI=1S/C18H33NO/c1-2-14-9-11-15(12-10-14)19-13-5-7-17(19)16-6-3-4-8-18(16)20/h14-18,20H,2-13H2,1H3. The van der Waals surface area contributed by atoms with Gasteiger partial charge in [-0.15, -0.1) is 0 Å². The molecule has 3 atom stereocenters. The molecule has 0 bridgehead atoms. The summed E-state index contributed by atoms with van der Waals surface area (Å²) in [6.45, 7) is 3.65. The summed E-state index contributed by atoms with van der Waals surface area (Å²) in [5, 5.41) is 10.4. The maximum absolute atomic E-state index is 10.4. The molecular formula is C18H33NO. The zero-order valence-electron chi connectivity index (χ0n) is 13.3. The second-order valence-corrected chi connectivity index (χ2v) is 7.55. The average Bonchev–Trinajstić information content (AvgIpc) is 2.97. The quantitative estimate of drug-likeness (QED) is 0.845. The molecule has 1 heterocycles. The van der Waals surface area contributed by atoms with Crippen LogP contribution in [0.2, 0.25) is 0 Å². The number of hydrogen-bond acceptors (Lipinski definition) is 2. The van der Waals surface area contributed by atoms with E-state index in [1.807, 2.05) is 0 Å². The third-order valence-electron chi connectivity index (χ3n) is 6.48. The highest BCUT2D eigenvalue weighted by atomic mass is 16.3. The van der Waals surface area contributed by atoms with Gasteiger partial charge < -0.3 is 5.11 Å². The maximum Gasteiger partial charge on any atom is 0.0583 e. The van der Waals surface area contributed by atoms with Gasteiger partial charge in [0.1, 0.15) is 0 Å². The Morgan fingerprint density at radius 1 is 0.900 bits per heavy atom. The lowest BCUT2D eigenvalue weighted by atomic mass is 9.79. The van der Waals surface area contributed by atoms with E-state index in [1.165, 1.54) is 70.8 Å². The highest BCUT2D eigenvalue weighted by molar-refractivity contribution is 4.94. The van der Waals surface area contributed by atoms with Crippen LogP contribution in [0.4, 0.5) is 0 Å². The van der Waals surface area contributed by atoms with Crippen molar-refractivity contribution in [1.82, 2.24) is 4.90 Å². The van der Waals surface area contributed by atoms with E-state index in [-0.39, 0.29) is 6.10 Å². The van der Waals surface area contributed by atoms with Crippen LogP contribution in [0.25, 0.3) is 0 Å². The molecule has 3 rings (SSSR count). The first-order valence-electron chi connectivity index (χ1n) is 9.23. The van der Waals surface area contributed by atoms with Crippen LogP contribution in [0.1, 0.15) is 77.6 Å². The Labute approximate surface area is 124 Å². The lowest BCUT2D eigenvalue weighted by Crippen LogP contribution is -2.48. The molecule has 0 aromatic heterocycles. The molecule has 116 valence electrons. The Hall–Kier alpha value is -0.0800. The Kier molecular flexibility index (Phi) is 5.04. The predicted octanol–water partition coefficient (Wildman–Crippen LogP) is 3.97. The van der Waals surface area contributed by atoms with E-state index in [2.05, 4.69) is 11.8 Å². The van der Waals surface area contributed by atoms with Gasteiger partial charge in [-0.3, -0.25) is 4.90 Å². The molecule has 2 saturated carbocycles. The lowest BCUT2D eigenvalue weighted by molar-refractivity contribution is 0.00266. The van der Waals surface area contributed by atoms with Gasteiger partial charge in [-0.1, -0.05) is 26.2 Å². The fourth-order valence-corrected chi connectivity index (χ4v) is 5.20. The molecule has 1 saturated heterocycles. The van der Waals surface area contributed by atoms with Crippen molar-refractivity contribution in [3.8, 4) is 0 Å². The van der Waals surface area contributed by atoms with Crippen LogP contribution in [0, 0.1) is 11.8 Å². The van der Waals surface area contributed by atoms with E-state index >= 15 is 0 Å². The molecule has 3 fully saturated rings.